The molecular weight excluding hydrogens is 412 g/mol. The molecule has 1 aliphatic rings. The lowest BCUT2D eigenvalue weighted by atomic mass is 10.2. The number of fused-ring (bicyclic) bond motifs is 1. The van der Waals surface area contributed by atoms with Crippen LogP contribution in [0.2, 0.25) is 0 Å². The molecule has 0 spiro atoms. The summed E-state index contributed by atoms with van der Waals surface area (Å²) >= 11 is 0. The predicted octanol–water partition coefficient (Wildman–Crippen LogP) is 2.49. The van der Waals surface area contributed by atoms with Crippen LogP contribution in [0.4, 0.5) is 0 Å². The SMILES string of the molecule is COC(=O)Cn1c(=O)oc2cc(S(=O)(=O)N(Cc3ccco3)C3CCCC3)ccc21. The van der Waals surface area contributed by atoms with E-state index in [1.165, 1.54) is 35.9 Å². The van der Waals surface area contributed by atoms with Gasteiger partial charge in [0.2, 0.25) is 10.0 Å². The molecule has 1 saturated carbocycles. The van der Waals surface area contributed by atoms with Crippen molar-refractivity contribution in [2.24, 2.45) is 0 Å². The molecule has 4 rings (SSSR count). The Labute approximate surface area is 172 Å². The van der Waals surface area contributed by atoms with Gasteiger partial charge in [0, 0.05) is 12.1 Å². The standard InChI is InChI=1S/C20H22N2O7S/c1-27-19(23)13-21-17-9-8-16(11-18(17)29-20(21)24)30(25,26)22(14-5-2-3-6-14)12-15-7-4-10-28-15/h4,7-11,14H,2-3,5-6,12-13H2,1H3. The fourth-order valence-corrected chi connectivity index (χ4v) is 5.51. The molecule has 2 aromatic heterocycles. The first-order valence-corrected chi connectivity index (χ1v) is 11.1. The Morgan fingerprint density at radius 3 is 2.70 bits per heavy atom. The number of carbonyl (C=O) groups is 1. The van der Waals surface area contributed by atoms with Crippen molar-refractivity contribution in [2.75, 3.05) is 7.11 Å². The van der Waals surface area contributed by atoms with Crippen molar-refractivity contribution in [1.82, 2.24) is 8.87 Å². The number of hydrogen-bond donors (Lipinski definition) is 0. The molecule has 30 heavy (non-hydrogen) atoms. The summed E-state index contributed by atoms with van der Waals surface area (Å²) in [5.41, 5.74) is 0.414. The highest BCUT2D eigenvalue weighted by Gasteiger charge is 2.34. The fourth-order valence-electron chi connectivity index (χ4n) is 3.84. The molecule has 1 fully saturated rings. The Balaban J connectivity index is 1.72. The number of ether oxygens (including phenoxy) is 1. The number of aromatic nitrogens is 1. The van der Waals surface area contributed by atoms with Crippen molar-refractivity contribution < 1.29 is 26.8 Å². The van der Waals surface area contributed by atoms with Crippen LogP contribution in [-0.4, -0.2) is 36.4 Å². The van der Waals surface area contributed by atoms with Gasteiger partial charge in [-0.1, -0.05) is 12.8 Å². The number of nitrogens with zero attached hydrogens (tertiary/aromatic N) is 2. The van der Waals surface area contributed by atoms with E-state index < -0.39 is 21.7 Å². The van der Waals surface area contributed by atoms with Gasteiger partial charge in [0.05, 0.1) is 30.3 Å². The maximum Gasteiger partial charge on any atom is 0.420 e. The Kier molecular flexibility index (Phi) is 5.52. The molecule has 0 radical (unpaired) electrons. The second kappa shape index (κ2) is 8.11. The van der Waals surface area contributed by atoms with Crippen LogP contribution in [0.3, 0.4) is 0 Å². The lowest BCUT2D eigenvalue weighted by Crippen LogP contribution is -2.38. The van der Waals surface area contributed by atoms with Crippen LogP contribution in [-0.2, 0) is 32.6 Å². The minimum Gasteiger partial charge on any atom is -0.468 e. The maximum absolute atomic E-state index is 13.5. The van der Waals surface area contributed by atoms with Crippen LogP contribution < -0.4 is 5.76 Å². The van der Waals surface area contributed by atoms with Gasteiger partial charge in [-0.25, -0.2) is 13.2 Å². The fraction of sp³-hybridized carbons (Fsp3) is 0.400. The first-order valence-electron chi connectivity index (χ1n) is 9.64. The van der Waals surface area contributed by atoms with Gasteiger partial charge in [-0.3, -0.25) is 9.36 Å². The molecule has 9 nitrogen and oxygen atoms in total. The summed E-state index contributed by atoms with van der Waals surface area (Å²) in [6.07, 6.45) is 5.03. The third-order valence-electron chi connectivity index (χ3n) is 5.38. The minimum absolute atomic E-state index is 0.0208. The molecule has 2 heterocycles. The molecule has 0 amide bonds. The first-order chi connectivity index (χ1) is 14.4. The van der Waals surface area contributed by atoms with Crippen molar-refractivity contribution in [3.05, 3.63) is 52.9 Å². The summed E-state index contributed by atoms with van der Waals surface area (Å²) in [6, 6.07) is 7.56. The van der Waals surface area contributed by atoms with Gasteiger partial charge in [-0.15, -0.1) is 0 Å². The minimum atomic E-state index is -3.87. The van der Waals surface area contributed by atoms with Crippen molar-refractivity contribution in [3.63, 3.8) is 0 Å². The third kappa shape index (κ3) is 3.80. The Bertz CT molecular complexity index is 1200. The molecule has 0 saturated heterocycles. The lowest BCUT2D eigenvalue weighted by Gasteiger charge is -2.27. The van der Waals surface area contributed by atoms with Gasteiger partial charge in [-0.2, -0.15) is 4.31 Å². The average Bonchev–Trinajstić information content (AvgIpc) is 3.48. The summed E-state index contributed by atoms with van der Waals surface area (Å²) in [5, 5.41) is 0. The van der Waals surface area contributed by atoms with Crippen LogP contribution in [0.5, 0.6) is 0 Å². The maximum atomic E-state index is 13.5. The van der Waals surface area contributed by atoms with Crippen LogP contribution in [0.25, 0.3) is 11.1 Å². The Morgan fingerprint density at radius 2 is 2.03 bits per heavy atom. The topological polar surface area (TPSA) is 112 Å². The molecule has 0 aliphatic heterocycles. The number of oxazole rings is 1. The Morgan fingerprint density at radius 1 is 1.27 bits per heavy atom. The van der Waals surface area contributed by atoms with Crippen molar-refractivity contribution in [1.29, 1.82) is 0 Å². The van der Waals surface area contributed by atoms with Gasteiger partial charge in [-0.05, 0) is 37.1 Å². The second-order valence-electron chi connectivity index (χ2n) is 7.23. The van der Waals surface area contributed by atoms with E-state index in [-0.39, 0.29) is 29.6 Å². The molecule has 10 heteroatoms. The van der Waals surface area contributed by atoms with E-state index in [9.17, 15) is 18.0 Å². The molecule has 0 N–H and O–H groups in total. The van der Waals surface area contributed by atoms with Crippen molar-refractivity contribution in [2.45, 2.75) is 49.7 Å². The number of sulfonamides is 1. The summed E-state index contributed by atoms with van der Waals surface area (Å²) < 4.78 is 44.7. The number of esters is 1. The molecular formula is C20H22N2O7S. The second-order valence-corrected chi connectivity index (χ2v) is 9.12. The van der Waals surface area contributed by atoms with Gasteiger partial charge < -0.3 is 13.6 Å². The van der Waals surface area contributed by atoms with E-state index >= 15 is 0 Å². The van der Waals surface area contributed by atoms with Crippen LogP contribution in [0, 0.1) is 0 Å². The molecule has 3 aromatic rings. The zero-order chi connectivity index (χ0) is 21.3. The summed E-state index contributed by atoms with van der Waals surface area (Å²) in [4.78, 5) is 23.7. The average molecular weight is 434 g/mol. The molecule has 0 unspecified atom stereocenters. The van der Waals surface area contributed by atoms with Crippen LogP contribution in [0.15, 0.2) is 55.1 Å². The van der Waals surface area contributed by atoms with Gasteiger partial charge >= 0.3 is 11.7 Å². The van der Waals surface area contributed by atoms with E-state index in [0.29, 0.717) is 11.3 Å². The van der Waals surface area contributed by atoms with Gasteiger partial charge in [0.25, 0.3) is 0 Å². The van der Waals surface area contributed by atoms with Crippen molar-refractivity contribution >= 4 is 27.1 Å². The number of rotatable bonds is 7. The largest absolute Gasteiger partial charge is 0.468 e. The van der Waals surface area contributed by atoms with E-state index in [2.05, 4.69) is 4.74 Å². The van der Waals surface area contributed by atoms with E-state index in [1.807, 2.05) is 0 Å². The van der Waals surface area contributed by atoms with Crippen LogP contribution >= 0.6 is 0 Å². The predicted molar refractivity (Wildman–Crippen MR) is 106 cm³/mol. The Hall–Kier alpha value is -2.85. The van der Waals surface area contributed by atoms with Crippen molar-refractivity contribution in [3.8, 4) is 0 Å². The summed E-state index contributed by atoms with van der Waals surface area (Å²) in [6.45, 7) is -0.188. The number of furan rings is 1. The highest BCUT2D eigenvalue weighted by atomic mass is 32.2. The van der Waals surface area contributed by atoms with Gasteiger partial charge in [0.15, 0.2) is 5.58 Å². The first kappa shape index (κ1) is 20.4. The molecule has 0 atom stereocenters. The number of carbonyl (C=O) groups excluding carboxylic acids is 1. The normalized spacial score (nSPS) is 15.3. The van der Waals surface area contributed by atoms with E-state index in [1.54, 1.807) is 12.1 Å². The number of methoxy groups -OCH3 is 1. The zero-order valence-corrected chi connectivity index (χ0v) is 17.3. The lowest BCUT2D eigenvalue weighted by molar-refractivity contribution is -0.141. The highest BCUT2D eigenvalue weighted by Crippen LogP contribution is 2.31. The highest BCUT2D eigenvalue weighted by molar-refractivity contribution is 7.89. The summed E-state index contributed by atoms with van der Waals surface area (Å²) in [5.74, 6) is -0.808. The third-order valence-corrected chi connectivity index (χ3v) is 7.28. The van der Waals surface area contributed by atoms with E-state index in [4.69, 9.17) is 8.83 Å². The molecule has 0 bridgehead atoms. The number of benzene rings is 1. The zero-order valence-electron chi connectivity index (χ0n) is 16.4. The van der Waals surface area contributed by atoms with E-state index in [0.717, 1.165) is 30.3 Å². The molecule has 1 aliphatic carbocycles. The smallest absolute Gasteiger partial charge is 0.420 e. The summed E-state index contributed by atoms with van der Waals surface area (Å²) in [7, 11) is -2.65. The van der Waals surface area contributed by atoms with Gasteiger partial charge in [0.1, 0.15) is 12.3 Å². The monoisotopic (exact) mass is 434 g/mol. The van der Waals surface area contributed by atoms with Crippen LogP contribution in [0.1, 0.15) is 31.4 Å². The molecule has 1 aromatic carbocycles. The molecule has 160 valence electrons. The quantitative estimate of drug-likeness (QED) is 0.525. The number of hydrogen-bond acceptors (Lipinski definition) is 7.